The van der Waals surface area contributed by atoms with Gasteiger partial charge in [-0.15, -0.1) is 4.72 Å². The average Bonchev–Trinajstić information content (AvgIpc) is 2.69. The predicted octanol–water partition coefficient (Wildman–Crippen LogP) is 5.61. The van der Waals surface area contributed by atoms with Crippen LogP contribution in [-0.2, 0) is 11.4 Å². The lowest BCUT2D eigenvalue weighted by Crippen LogP contribution is -2.43. The van der Waals surface area contributed by atoms with Crippen molar-refractivity contribution in [3.8, 4) is 0 Å². The first-order valence-electron chi connectivity index (χ1n) is 9.29. The maximum atomic E-state index is 13.0. The Morgan fingerprint density at radius 1 is 0.667 bits per heavy atom. The molecule has 0 heterocycles. The molecular formula is C24H27NOS. The number of hydrogen-bond acceptors (Lipinski definition) is 2. The predicted molar refractivity (Wildman–Crippen MR) is 115 cm³/mol. The lowest BCUT2D eigenvalue weighted by molar-refractivity contribution is 0.505. The second-order valence-corrected chi connectivity index (χ2v) is 9.68. The molecule has 0 amide bonds. The maximum absolute atomic E-state index is 13.0. The molecule has 3 aromatic rings. The molecule has 140 valence electrons. The van der Waals surface area contributed by atoms with E-state index in [-0.39, 0.29) is 16.7 Å². The van der Waals surface area contributed by atoms with E-state index in [9.17, 15) is 4.55 Å². The molecule has 0 fully saturated rings. The van der Waals surface area contributed by atoms with Gasteiger partial charge in [0.25, 0.3) is 0 Å². The van der Waals surface area contributed by atoms with Crippen LogP contribution in [0.25, 0.3) is 0 Å². The smallest absolute Gasteiger partial charge is 0.136 e. The van der Waals surface area contributed by atoms with Crippen LogP contribution in [0.15, 0.2) is 91.0 Å². The molecule has 0 saturated carbocycles. The van der Waals surface area contributed by atoms with Gasteiger partial charge in [0, 0.05) is 17.3 Å². The number of benzene rings is 3. The van der Waals surface area contributed by atoms with E-state index >= 15 is 0 Å². The van der Waals surface area contributed by atoms with Crippen LogP contribution in [0.5, 0.6) is 0 Å². The molecule has 1 N–H and O–H groups in total. The van der Waals surface area contributed by atoms with Crippen LogP contribution in [0.4, 0.5) is 0 Å². The zero-order chi connectivity index (χ0) is 19.3. The van der Waals surface area contributed by atoms with Crippen molar-refractivity contribution in [1.29, 1.82) is 0 Å². The van der Waals surface area contributed by atoms with Crippen molar-refractivity contribution in [3.05, 3.63) is 108 Å². The summed E-state index contributed by atoms with van der Waals surface area (Å²) in [6.07, 6.45) is 0. The van der Waals surface area contributed by atoms with Crippen LogP contribution in [0.2, 0.25) is 0 Å². The summed E-state index contributed by atoms with van der Waals surface area (Å²) in [5.74, 6) is 0.0566. The minimum Gasteiger partial charge on any atom is -0.598 e. The Balaban J connectivity index is 2.10. The van der Waals surface area contributed by atoms with Crippen molar-refractivity contribution in [2.75, 3.05) is 0 Å². The summed E-state index contributed by atoms with van der Waals surface area (Å²) < 4.78 is 16.1. The van der Waals surface area contributed by atoms with Gasteiger partial charge in [-0.3, -0.25) is 0 Å². The van der Waals surface area contributed by atoms with Gasteiger partial charge in [-0.05, 0) is 37.5 Å². The minimum atomic E-state index is -1.19. The monoisotopic (exact) mass is 377 g/mol. The summed E-state index contributed by atoms with van der Waals surface area (Å²) in [6, 6.07) is 31.1. The van der Waals surface area contributed by atoms with Gasteiger partial charge < -0.3 is 4.55 Å². The standard InChI is InChI=1S/C24H27NOS/c1-24(2,3)27(26)25-23(21-17-11-6-12-18-21)22(19-13-7-4-8-14-19)20-15-9-5-10-16-20/h4-18,22-23,25H,1-3H3/t23?,27-/m1/s1. The molecule has 2 nitrogen and oxygen atoms in total. The van der Waals surface area contributed by atoms with E-state index < -0.39 is 11.4 Å². The van der Waals surface area contributed by atoms with Gasteiger partial charge in [0.1, 0.15) is 4.75 Å². The fourth-order valence-electron chi connectivity index (χ4n) is 3.18. The number of hydrogen-bond donors (Lipinski definition) is 1. The van der Waals surface area contributed by atoms with E-state index in [0.717, 1.165) is 5.56 Å². The molecule has 27 heavy (non-hydrogen) atoms. The molecule has 1 unspecified atom stereocenters. The molecule has 0 aliphatic heterocycles. The van der Waals surface area contributed by atoms with Gasteiger partial charge in [0.15, 0.2) is 0 Å². The zero-order valence-electron chi connectivity index (χ0n) is 16.1. The third kappa shape index (κ3) is 5.01. The Morgan fingerprint density at radius 3 is 1.41 bits per heavy atom. The van der Waals surface area contributed by atoms with Crippen molar-refractivity contribution >= 4 is 11.4 Å². The normalized spacial score (nSPS) is 14.1. The topological polar surface area (TPSA) is 35.1 Å². The highest BCUT2D eigenvalue weighted by atomic mass is 32.2. The first-order valence-corrected chi connectivity index (χ1v) is 10.4. The molecule has 3 heteroatoms. The molecule has 3 aromatic carbocycles. The molecular weight excluding hydrogens is 350 g/mol. The molecule has 2 atom stereocenters. The first kappa shape index (κ1) is 19.7. The van der Waals surface area contributed by atoms with E-state index in [2.05, 4.69) is 65.4 Å². The van der Waals surface area contributed by atoms with E-state index in [1.54, 1.807) is 0 Å². The molecule has 0 saturated heterocycles. The van der Waals surface area contributed by atoms with Gasteiger partial charge in [-0.1, -0.05) is 91.0 Å². The molecule has 0 aromatic heterocycles. The SMILES string of the molecule is CC(C)(C)[S@@+]([O-])NC(c1ccccc1)C(c1ccccc1)c1ccccc1. The molecule has 0 spiro atoms. The van der Waals surface area contributed by atoms with Gasteiger partial charge in [-0.2, -0.15) is 0 Å². The average molecular weight is 378 g/mol. The molecule has 0 radical (unpaired) electrons. The summed E-state index contributed by atoms with van der Waals surface area (Å²) in [6.45, 7) is 5.99. The van der Waals surface area contributed by atoms with Crippen LogP contribution in [0.3, 0.4) is 0 Å². The Morgan fingerprint density at radius 2 is 1.04 bits per heavy atom. The van der Waals surface area contributed by atoms with Gasteiger partial charge >= 0.3 is 0 Å². The van der Waals surface area contributed by atoms with Crippen molar-refractivity contribution < 1.29 is 4.55 Å². The maximum Gasteiger partial charge on any atom is 0.136 e. The second-order valence-electron chi connectivity index (χ2n) is 7.69. The molecule has 0 aliphatic rings. The quantitative estimate of drug-likeness (QED) is 0.567. The largest absolute Gasteiger partial charge is 0.598 e. The van der Waals surface area contributed by atoms with Crippen molar-refractivity contribution in [1.82, 2.24) is 4.72 Å². The Bertz CT molecular complexity index is 776. The highest BCUT2D eigenvalue weighted by Gasteiger charge is 2.35. The fraction of sp³-hybridized carbons (Fsp3) is 0.250. The van der Waals surface area contributed by atoms with Gasteiger partial charge in [0.2, 0.25) is 0 Å². The van der Waals surface area contributed by atoms with Crippen LogP contribution < -0.4 is 4.72 Å². The highest BCUT2D eigenvalue weighted by Crippen LogP contribution is 2.38. The van der Waals surface area contributed by atoms with Gasteiger partial charge in [-0.25, -0.2) is 0 Å². The number of rotatable bonds is 6. The lowest BCUT2D eigenvalue weighted by Gasteiger charge is -2.33. The third-order valence-corrected chi connectivity index (χ3v) is 6.18. The Kier molecular flexibility index (Phi) is 6.38. The molecule has 0 bridgehead atoms. The summed E-state index contributed by atoms with van der Waals surface area (Å²) in [7, 11) is 0. The van der Waals surface area contributed by atoms with Crippen LogP contribution in [-0.4, -0.2) is 9.30 Å². The first-order chi connectivity index (χ1) is 13.0. The van der Waals surface area contributed by atoms with Crippen LogP contribution in [0, 0.1) is 0 Å². The molecule has 3 rings (SSSR count). The number of nitrogens with one attached hydrogen (secondary N) is 1. The summed E-state index contributed by atoms with van der Waals surface area (Å²) in [5.41, 5.74) is 3.54. The van der Waals surface area contributed by atoms with Crippen LogP contribution in [0.1, 0.15) is 49.4 Å². The van der Waals surface area contributed by atoms with Crippen molar-refractivity contribution in [2.24, 2.45) is 0 Å². The minimum absolute atomic E-state index is 0.0566. The van der Waals surface area contributed by atoms with E-state index in [4.69, 9.17) is 0 Å². The van der Waals surface area contributed by atoms with Gasteiger partial charge in [0.05, 0.1) is 6.04 Å². The van der Waals surface area contributed by atoms with E-state index in [1.807, 2.05) is 51.1 Å². The third-order valence-electron chi connectivity index (χ3n) is 4.60. The zero-order valence-corrected chi connectivity index (χ0v) is 16.9. The van der Waals surface area contributed by atoms with Crippen molar-refractivity contribution in [2.45, 2.75) is 37.5 Å². The molecule has 0 aliphatic carbocycles. The second kappa shape index (κ2) is 8.75. The summed E-state index contributed by atoms with van der Waals surface area (Å²) >= 11 is -1.19. The lowest BCUT2D eigenvalue weighted by atomic mass is 9.82. The van der Waals surface area contributed by atoms with Crippen LogP contribution >= 0.6 is 0 Å². The van der Waals surface area contributed by atoms with Crippen molar-refractivity contribution in [3.63, 3.8) is 0 Å². The highest BCUT2D eigenvalue weighted by molar-refractivity contribution is 7.90. The fourth-order valence-corrected chi connectivity index (χ4v) is 4.04. The Hall–Kier alpha value is -2.07. The van der Waals surface area contributed by atoms with E-state index in [1.165, 1.54) is 11.1 Å². The Labute approximate surface area is 166 Å². The van der Waals surface area contributed by atoms with E-state index in [0.29, 0.717) is 0 Å². The summed E-state index contributed by atoms with van der Waals surface area (Å²) in [4.78, 5) is 0. The summed E-state index contributed by atoms with van der Waals surface area (Å²) in [5, 5.41) is 0.